The first kappa shape index (κ1) is 18.9. The van der Waals surface area contributed by atoms with Crippen molar-refractivity contribution in [3.8, 4) is 5.75 Å². The molecule has 3 rings (SSSR count). The van der Waals surface area contributed by atoms with Crippen molar-refractivity contribution in [2.75, 3.05) is 20.3 Å². The van der Waals surface area contributed by atoms with Crippen LogP contribution in [0.5, 0.6) is 5.75 Å². The Bertz CT molecular complexity index is 969. The van der Waals surface area contributed by atoms with Crippen LogP contribution in [-0.4, -0.2) is 56.1 Å². The van der Waals surface area contributed by atoms with Gasteiger partial charge in [0, 0.05) is 0 Å². The van der Waals surface area contributed by atoms with E-state index in [9.17, 15) is 23.1 Å². The Balaban J connectivity index is 1.62. The summed E-state index contributed by atoms with van der Waals surface area (Å²) < 4.78 is 35.5. The van der Waals surface area contributed by atoms with Crippen molar-refractivity contribution in [3.63, 3.8) is 0 Å². The second-order valence-corrected chi connectivity index (χ2v) is 7.65. The van der Waals surface area contributed by atoms with Gasteiger partial charge in [-0.05, 0) is 36.4 Å². The van der Waals surface area contributed by atoms with Gasteiger partial charge in [-0.25, -0.2) is 17.5 Å². The lowest BCUT2D eigenvalue weighted by atomic mass is 10.2. The van der Waals surface area contributed by atoms with E-state index in [1.54, 1.807) is 6.07 Å². The molecule has 9 heteroatoms. The number of ether oxygens (including phenoxy) is 2. The van der Waals surface area contributed by atoms with E-state index in [2.05, 4.69) is 4.74 Å². The van der Waals surface area contributed by atoms with E-state index in [4.69, 9.17) is 4.74 Å². The molecule has 0 saturated carbocycles. The molecule has 0 aliphatic carbocycles. The summed E-state index contributed by atoms with van der Waals surface area (Å²) in [4.78, 5) is 23.6. The number of carbonyl (C=O) groups is 2. The van der Waals surface area contributed by atoms with Gasteiger partial charge in [0.15, 0.2) is 0 Å². The highest BCUT2D eigenvalue weighted by Crippen LogP contribution is 2.29. The minimum atomic E-state index is -3.97. The molecule has 1 atom stereocenters. The summed E-state index contributed by atoms with van der Waals surface area (Å²) in [5.41, 5.74) is 0.431. The summed E-state index contributed by atoms with van der Waals surface area (Å²) >= 11 is 0. The molecule has 0 saturated heterocycles. The normalized spacial score (nSPS) is 15.9. The number of hydrogen-bond donors (Lipinski definition) is 1. The molecule has 0 bridgehead atoms. The summed E-state index contributed by atoms with van der Waals surface area (Å²) in [6.07, 6.45) is -1.22. The van der Waals surface area contributed by atoms with Crippen molar-refractivity contribution in [2.45, 2.75) is 11.0 Å². The van der Waals surface area contributed by atoms with Crippen molar-refractivity contribution >= 4 is 21.9 Å². The number of esters is 1. The van der Waals surface area contributed by atoms with Crippen LogP contribution in [0.3, 0.4) is 0 Å². The highest BCUT2D eigenvalue weighted by atomic mass is 32.2. The molecule has 1 aliphatic rings. The van der Waals surface area contributed by atoms with Gasteiger partial charge in [-0.3, -0.25) is 4.79 Å². The highest BCUT2D eigenvalue weighted by molar-refractivity contribution is 7.90. The number of rotatable bonds is 6. The lowest BCUT2D eigenvalue weighted by Crippen LogP contribution is -2.39. The first-order valence-corrected chi connectivity index (χ1v) is 9.44. The van der Waals surface area contributed by atoms with Crippen LogP contribution in [-0.2, 0) is 14.8 Å². The van der Waals surface area contributed by atoms with Crippen LogP contribution >= 0.6 is 0 Å². The number of aliphatic hydroxyl groups is 1. The summed E-state index contributed by atoms with van der Waals surface area (Å²) in [6.45, 7) is -0.649. The molecule has 2 aromatic rings. The summed E-state index contributed by atoms with van der Waals surface area (Å²) in [6, 6.07) is 11.9. The number of aliphatic hydroxyl groups excluding tert-OH is 1. The lowest BCUT2D eigenvalue weighted by molar-refractivity contribution is 0.0600. The Hall–Kier alpha value is -2.91. The van der Waals surface area contributed by atoms with E-state index < -0.39 is 34.5 Å². The fraction of sp³-hybridized carbons (Fsp3) is 0.222. The minimum Gasteiger partial charge on any atom is -0.491 e. The molecule has 0 unspecified atom stereocenters. The molecule has 1 heterocycles. The van der Waals surface area contributed by atoms with Gasteiger partial charge in [-0.15, -0.1) is 0 Å². The Morgan fingerprint density at radius 3 is 2.44 bits per heavy atom. The van der Waals surface area contributed by atoms with Crippen molar-refractivity contribution < 1.29 is 32.6 Å². The average Bonchev–Trinajstić information content (AvgIpc) is 2.87. The van der Waals surface area contributed by atoms with Crippen LogP contribution in [0.2, 0.25) is 0 Å². The third-order valence-corrected chi connectivity index (χ3v) is 5.81. The standard InChI is InChI=1S/C18H17NO7S/c1-25-18(22)12-6-8-14(9-7-12)26-11-13(20)10-19-17(21)15-4-2-3-5-16(15)27(19,23)24/h2-9,13,20H,10-11H2,1H3/t13-/m0/s1. The van der Waals surface area contributed by atoms with Crippen LogP contribution in [0.15, 0.2) is 53.4 Å². The van der Waals surface area contributed by atoms with E-state index in [0.717, 1.165) is 0 Å². The molecule has 1 N–H and O–H groups in total. The fourth-order valence-electron chi connectivity index (χ4n) is 2.65. The van der Waals surface area contributed by atoms with Crippen LogP contribution in [0, 0.1) is 0 Å². The van der Waals surface area contributed by atoms with Gasteiger partial charge in [-0.1, -0.05) is 12.1 Å². The minimum absolute atomic E-state index is 0.0680. The van der Waals surface area contributed by atoms with Crippen molar-refractivity contribution in [3.05, 3.63) is 59.7 Å². The van der Waals surface area contributed by atoms with Gasteiger partial charge >= 0.3 is 5.97 Å². The quantitative estimate of drug-likeness (QED) is 0.733. The zero-order chi connectivity index (χ0) is 19.6. The average molecular weight is 391 g/mol. The van der Waals surface area contributed by atoms with Crippen LogP contribution in [0.1, 0.15) is 20.7 Å². The first-order valence-electron chi connectivity index (χ1n) is 8.00. The van der Waals surface area contributed by atoms with E-state index in [1.165, 1.54) is 49.6 Å². The molecule has 27 heavy (non-hydrogen) atoms. The second-order valence-electron chi connectivity index (χ2n) is 5.82. The van der Waals surface area contributed by atoms with Gasteiger partial charge in [-0.2, -0.15) is 0 Å². The van der Waals surface area contributed by atoms with E-state index >= 15 is 0 Å². The van der Waals surface area contributed by atoms with Crippen LogP contribution in [0.25, 0.3) is 0 Å². The Labute approximate surface area is 156 Å². The SMILES string of the molecule is COC(=O)c1ccc(OC[C@@H](O)CN2C(=O)c3ccccc3S2(=O)=O)cc1. The van der Waals surface area contributed by atoms with Crippen molar-refractivity contribution in [1.29, 1.82) is 0 Å². The van der Waals surface area contributed by atoms with Gasteiger partial charge in [0.05, 0.1) is 24.8 Å². The van der Waals surface area contributed by atoms with Gasteiger partial charge in [0.2, 0.25) is 0 Å². The smallest absolute Gasteiger partial charge is 0.337 e. The maximum Gasteiger partial charge on any atom is 0.337 e. The first-order chi connectivity index (χ1) is 12.8. The second kappa shape index (κ2) is 7.37. The zero-order valence-corrected chi connectivity index (χ0v) is 15.2. The number of amides is 1. The fourth-order valence-corrected chi connectivity index (χ4v) is 4.26. The molecule has 0 aromatic heterocycles. The largest absolute Gasteiger partial charge is 0.491 e. The van der Waals surface area contributed by atoms with Crippen molar-refractivity contribution in [2.24, 2.45) is 0 Å². The van der Waals surface area contributed by atoms with Gasteiger partial charge < -0.3 is 14.6 Å². The molecule has 1 aliphatic heterocycles. The predicted molar refractivity (Wildman–Crippen MR) is 93.9 cm³/mol. The van der Waals surface area contributed by atoms with Gasteiger partial charge in [0.25, 0.3) is 15.9 Å². The molecular formula is C18H17NO7S. The number of methoxy groups -OCH3 is 1. The number of β-amino-alcohol motifs (C(OH)–C–C–N with tert-alkyl or cyclic N) is 1. The number of benzene rings is 2. The molecule has 2 aromatic carbocycles. The predicted octanol–water partition coefficient (Wildman–Crippen LogP) is 1.06. The van der Waals surface area contributed by atoms with Crippen molar-refractivity contribution in [1.82, 2.24) is 4.31 Å². The molecule has 0 spiro atoms. The Kier molecular flexibility index (Phi) is 5.15. The highest BCUT2D eigenvalue weighted by Gasteiger charge is 2.41. The van der Waals surface area contributed by atoms with Crippen LogP contribution in [0.4, 0.5) is 0 Å². The molecule has 0 radical (unpaired) electrons. The maximum atomic E-state index is 12.4. The molecular weight excluding hydrogens is 374 g/mol. The Morgan fingerprint density at radius 1 is 1.15 bits per heavy atom. The number of nitrogens with zero attached hydrogens (tertiary/aromatic N) is 1. The maximum absolute atomic E-state index is 12.4. The monoisotopic (exact) mass is 391 g/mol. The topological polar surface area (TPSA) is 110 Å². The number of fused-ring (bicyclic) bond motifs is 1. The summed E-state index contributed by atoms with van der Waals surface area (Å²) in [7, 11) is -2.70. The summed E-state index contributed by atoms with van der Waals surface area (Å²) in [5, 5.41) is 10.1. The molecule has 0 fully saturated rings. The lowest BCUT2D eigenvalue weighted by Gasteiger charge is -2.19. The van der Waals surface area contributed by atoms with Gasteiger partial charge in [0.1, 0.15) is 23.4 Å². The summed E-state index contributed by atoms with van der Waals surface area (Å²) in [5.74, 6) is -0.786. The third kappa shape index (κ3) is 3.64. The van der Waals surface area contributed by atoms with E-state index in [0.29, 0.717) is 15.6 Å². The number of carbonyl (C=O) groups excluding carboxylic acids is 2. The van der Waals surface area contributed by atoms with Crippen LogP contribution < -0.4 is 4.74 Å². The number of sulfonamides is 1. The Morgan fingerprint density at radius 2 is 1.81 bits per heavy atom. The third-order valence-electron chi connectivity index (χ3n) is 4.01. The molecule has 8 nitrogen and oxygen atoms in total. The van der Waals surface area contributed by atoms with E-state index in [-0.39, 0.29) is 17.1 Å². The zero-order valence-electron chi connectivity index (χ0n) is 14.4. The molecule has 142 valence electrons. The van der Waals surface area contributed by atoms with E-state index in [1.807, 2.05) is 0 Å². The molecule has 1 amide bonds. The number of hydrogen-bond acceptors (Lipinski definition) is 7.